The second-order valence-electron chi connectivity index (χ2n) is 4.89. The van der Waals surface area contributed by atoms with Crippen LogP contribution in [0.3, 0.4) is 0 Å². The van der Waals surface area contributed by atoms with Crippen molar-refractivity contribution in [2.24, 2.45) is 5.92 Å². The van der Waals surface area contributed by atoms with Crippen molar-refractivity contribution < 1.29 is 0 Å². The maximum Gasteiger partial charge on any atom is 0.147 e. The van der Waals surface area contributed by atoms with Crippen molar-refractivity contribution in [1.82, 2.24) is 9.97 Å². The number of hydrogen-bond donors (Lipinski definition) is 0. The molecule has 0 saturated heterocycles. The average molecular weight is 372 g/mol. The summed E-state index contributed by atoms with van der Waals surface area (Å²) in [5.74, 6) is 2.04. The topological polar surface area (TPSA) is 25.8 Å². The molecule has 2 nitrogen and oxygen atoms in total. The maximum atomic E-state index is 6.18. The van der Waals surface area contributed by atoms with Crippen molar-refractivity contribution in [2.45, 2.75) is 30.9 Å². The molecule has 0 aliphatic heterocycles. The molecule has 2 rings (SSSR count). The first kappa shape index (κ1) is 15.8. The van der Waals surface area contributed by atoms with E-state index in [9.17, 15) is 0 Å². The zero-order valence-electron chi connectivity index (χ0n) is 11.4. The molecule has 0 aliphatic carbocycles. The lowest BCUT2D eigenvalue weighted by molar-refractivity contribution is 0.629. The van der Waals surface area contributed by atoms with Crippen LogP contribution >= 0.6 is 39.3 Å². The van der Waals surface area contributed by atoms with E-state index in [1.165, 1.54) is 4.90 Å². The average Bonchev–Trinajstić information content (AvgIpc) is 2.42. The number of halogens is 2. The maximum absolute atomic E-state index is 6.18. The molecule has 2 aromatic rings. The standard InChI is InChI=1S/C15H16BrClN2S/c1-10(2)8-12-14(16)15(17)19-13(18-12)9-20-11-6-4-3-5-7-11/h3-7,10H,8-9H2,1-2H3. The van der Waals surface area contributed by atoms with Crippen LogP contribution in [0.4, 0.5) is 0 Å². The van der Waals surface area contributed by atoms with Gasteiger partial charge < -0.3 is 0 Å². The molecular formula is C15H16BrClN2S. The minimum absolute atomic E-state index is 0.499. The highest BCUT2D eigenvalue weighted by Crippen LogP contribution is 2.27. The highest BCUT2D eigenvalue weighted by molar-refractivity contribution is 9.10. The van der Waals surface area contributed by atoms with Crippen LogP contribution in [0.15, 0.2) is 39.7 Å². The van der Waals surface area contributed by atoms with Gasteiger partial charge in [-0.25, -0.2) is 9.97 Å². The molecule has 0 spiro atoms. The van der Waals surface area contributed by atoms with Gasteiger partial charge in [0, 0.05) is 4.90 Å². The lowest BCUT2D eigenvalue weighted by Crippen LogP contribution is -2.04. The summed E-state index contributed by atoms with van der Waals surface area (Å²) in [5.41, 5.74) is 0.990. The largest absolute Gasteiger partial charge is 0.236 e. The van der Waals surface area contributed by atoms with Gasteiger partial charge in [-0.1, -0.05) is 43.6 Å². The third-order valence-corrected chi connectivity index (χ3v) is 4.98. The first-order valence-electron chi connectivity index (χ1n) is 6.45. The summed E-state index contributed by atoms with van der Waals surface area (Å²) >= 11 is 11.4. The Kier molecular flexibility index (Phi) is 5.87. The number of benzene rings is 1. The first-order valence-corrected chi connectivity index (χ1v) is 8.60. The Bertz CT molecular complexity index is 576. The van der Waals surface area contributed by atoms with Gasteiger partial charge in [0.15, 0.2) is 0 Å². The highest BCUT2D eigenvalue weighted by Gasteiger charge is 2.12. The molecule has 1 aromatic heterocycles. The molecule has 1 aromatic carbocycles. The van der Waals surface area contributed by atoms with Gasteiger partial charge in [0.1, 0.15) is 11.0 Å². The molecule has 0 bridgehead atoms. The van der Waals surface area contributed by atoms with Crippen molar-refractivity contribution in [3.63, 3.8) is 0 Å². The molecule has 0 radical (unpaired) electrons. The fourth-order valence-corrected chi connectivity index (χ4v) is 3.08. The predicted octanol–water partition coefficient (Wildman–Crippen LogP) is 5.38. The monoisotopic (exact) mass is 370 g/mol. The summed E-state index contributed by atoms with van der Waals surface area (Å²) in [6.45, 7) is 4.34. The third-order valence-electron chi connectivity index (χ3n) is 2.64. The number of rotatable bonds is 5. The molecule has 0 unspecified atom stereocenters. The van der Waals surface area contributed by atoms with Gasteiger partial charge in [-0.3, -0.25) is 0 Å². The fraction of sp³-hybridized carbons (Fsp3) is 0.333. The first-order chi connectivity index (χ1) is 9.56. The number of thioether (sulfide) groups is 1. The van der Waals surface area contributed by atoms with E-state index >= 15 is 0 Å². The molecule has 0 amide bonds. The molecule has 0 N–H and O–H groups in total. The summed E-state index contributed by atoms with van der Waals surface area (Å²) in [6, 6.07) is 10.2. The Balaban J connectivity index is 2.14. The molecule has 0 fully saturated rings. The molecule has 1 heterocycles. The number of aromatic nitrogens is 2. The van der Waals surface area contributed by atoms with Crippen LogP contribution in [-0.2, 0) is 12.2 Å². The minimum Gasteiger partial charge on any atom is -0.236 e. The van der Waals surface area contributed by atoms with E-state index in [0.717, 1.165) is 28.2 Å². The zero-order chi connectivity index (χ0) is 14.5. The molecule has 0 atom stereocenters. The molecule has 5 heteroatoms. The van der Waals surface area contributed by atoms with E-state index in [2.05, 4.69) is 51.9 Å². The fourth-order valence-electron chi connectivity index (χ4n) is 1.76. The Hall–Kier alpha value is -0.580. The lowest BCUT2D eigenvalue weighted by Gasteiger charge is -2.10. The van der Waals surface area contributed by atoms with E-state index in [0.29, 0.717) is 11.1 Å². The van der Waals surface area contributed by atoms with Crippen molar-refractivity contribution in [2.75, 3.05) is 0 Å². The normalized spacial score (nSPS) is 11.1. The van der Waals surface area contributed by atoms with E-state index in [1.807, 2.05) is 18.2 Å². The molecule has 20 heavy (non-hydrogen) atoms. The summed E-state index contributed by atoms with van der Waals surface area (Å²) in [5, 5.41) is 0.499. The van der Waals surface area contributed by atoms with Crippen LogP contribution in [-0.4, -0.2) is 9.97 Å². The van der Waals surface area contributed by atoms with Crippen LogP contribution in [0.25, 0.3) is 0 Å². The van der Waals surface area contributed by atoms with Gasteiger partial charge in [0.2, 0.25) is 0 Å². The Morgan fingerprint density at radius 3 is 2.55 bits per heavy atom. The SMILES string of the molecule is CC(C)Cc1nc(CSc2ccccc2)nc(Cl)c1Br. The lowest BCUT2D eigenvalue weighted by atomic mass is 10.1. The van der Waals surface area contributed by atoms with E-state index in [-0.39, 0.29) is 0 Å². The zero-order valence-corrected chi connectivity index (χ0v) is 14.6. The molecule has 0 aliphatic rings. The van der Waals surface area contributed by atoms with Crippen molar-refractivity contribution in [1.29, 1.82) is 0 Å². The van der Waals surface area contributed by atoms with Crippen molar-refractivity contribution in [3.05, 3.63) is 51.5 Å². The predicted molar refractivity (Wildman–Crippen MR) is 89.3 cm³/mol. The van der Waals surface area contributed by atoms with Crippen molar-refractivity contribution >= 4 is 39.3 Å². The van der Waals surface area contributed by atoms with Crippen LogP contribution in [0.1, 0.15) is 25.4 Å². The second kappa shape index (κ2) is 7.43. The Morgan fingerprint density at radius 1 is 1.20 bits per heavy atom. The Labute approximate surface area is 137 Å². The van der Waals surface area contributed by atoms with E-state index in [1.54, 1.807) is 11.8 Å². The Morgan fingerprint density at radius 2 is 1.90 bits per heavy atom. The summed E-state index contributed by atoms with van der Waals surface area (Å²) in [4.78, 5) is 10.2. The third kappa shape index (κ3) is 4.47. The van der Waals surface area contributed by atoms with Crippen molar-refractivity contribution in [3.8, 4) is 0 Å². The smallest absolute Gasteiger partial charge is 0.147 e. The summed E-state index contributed by atoms with van der Waals surface area (Å²) in [6.07, 6.45) is 0.895. The molecule has 106 valence electrons. The highest BCUT2D eigenvalue weighted by atomic mass is 79.9. The van der Waals surface area contributed by atoms with E-state index in [4.69, 9.17) is 11.6 Å². The van der Waals surface area contributed by atoms with Gasteiger partial charge in [-0.15, -0.1) is 11.8 Å². The molecular weight excluding hydrogens is 356 g/mol. The summed E-state index contributed by atoms with van der Waals surface area (Å²) in [7, 11) is 0. The van der Waals surface area contributed by atoms with Gasteiger partial charge in [-0.2, -0.15) is 0 Å². The van der Waals surface area contributed by atoms with Crippen LogP contribution in [0, 0.1) is 5.92 Å². The van der Waals surface area contributed by atoms with Gasteiger partial charge in [0.25, 0.3) is 0 Å². The van der Waals surface area contributed by atoms with E-state index < -0.39 is 0 Å². The molecule has 0 saturated carbocycles. The second-order valence-corrected chi connectivity index (χ2v) is 7.09. The quantitative estimate of drug-likeness (QED) is 0.521. The summed E-state index contributed by atoms with van der Waals surface area (Å²) < 4.78 is 0.821. The van der Waals surface area contributed by atoms with Gasteiger partial charge in [-0.05, 0) is 40.4 Å². The van der Waals surface area contributed by atoms with Crippen LogP contribution < -0.4 is 0 Å². The van der Waals surface area contributed by atoms with Crippen LogP contribution in [0.2, 0.25) is 5.15 Å². The number of nitrogens with zero attached hydrogens (tertiary/aromatic N) is 2. The number of hydrogen-bond acceptors (Lipinski definition) is 3. The van der Waals surface area contributed by atoms with Crippen LogP contribution in [0.5, 0.6) is 0 Å². The minimum atomic E-state index is 0.499. The van der Waals surface area contributed by atoms with Gasteiger partial charge >= 0.3 is 0 Å². The van der Waals surface area contributed by atoms with Gasteiger partial charge in [0.05, 0.1) is 15.9 Å².